The standard InChI is InChI=1S/C18H11ClFN3/c19-16-4-2-1-3-14(16)17-9-10-21-18-15(11-22-23(17)18)12-5-7-13(20)8-6-12/h1-11H. The molecule has 0 saturated carbocycles. The Kier molecular flexibility index (Phi) is 3.32. The van der Waals surface area contributed by atoms with Crippen molar-refractivity contribution in [1.82, 2.24) is 14.6 Å². The van der Waals surface area contributed by atoms with Crippen molar-refractivity contribution in [3.8, 4) is 22.4 Å². The number of halogens is 2. The van der Waals surface area contributed by atoms with Crippen LogP contribution < -0.4 is 0 Å². The van der Waals surface area contributed by atoms with E-state index in [-0.39, 0.29) is 5.82 Å². The van der Waals surface area contributed by atoms with Gasteiger partial charge in [0.15, 0.2) is 5.65 Å². The Morgan fingerprint density at radius 3 is 2.48 bits per heavy atom. The predicted molar refractivity (Wildman–Crippen MR) is 88.8 cm³/mol. The first-order valence-electron chi connectivity index (χ1n) is 7.07. The molecule has 2 heterocycles. The molecule has 0 amide bonds. The van der Waals surface area contributed by atoms with E-state index in [0.29, 0.717) is 10.7 Å². The van der Waals surface area contributed by atoms with Crippen molar-refractivity contribution in [3.63, 3.8) is 0 Å². The minimum absolute atomic E-state index is 0.269. The third kappa shape index (κ3) is 2.37. The van der Waals surface area contributed by atoms with Crippen LogP contribution in [0.2, 0.25) is 5.02 Å². The molecule has 0 unspecified atom stereocenters. The first kappa shape index (κ1) is 13.9. The van der Waals surface area contributed by atoms with Crippen molar-refractivity contribution in [3.05, 3.63) is 77.8 Å². The van der Waals surface area contributed by atoms with Crippen LogP contribution in [0.15, 0.2) is 67.0 Å². The minimum atomic E-state index is -0.269. The predicted octanol–water partition coefficient (Wildman–Crippen LogP) is 4.86. The molecule has 5 heteroatoms. The van der Waals surface area contributed by atoms with Gasteiger partial charge in [0.2, 0.25) is 0 Å². The van der Waals surface area contributed by atoms with E-state index >= 15 is 0 Å². The van der Waals surface area contributed by atoms with Crippen LogP contribution in [-0.4, -0.2) is 14.6 Å². The second-order valence-electron chi connectivity index (χ2n) is 5.11. The van der Waals surface area contributed by atoms with E-state index < -0.39 is 0 Å². The lowest BCUT2D eigenvalue weighted by molar-refractivity contribution is 0.628. The molecular formula is C18H11ClFN3. The van der Waals surface area contributed by atoms with Gasteiger partial charge in [-0.3, -0.25) is 0 Å². The minimum Gasteiger partial charge on any atom is -0.236 e. The molecule has 0 spiro atoms. The topological polar surface area (TPSA) is 30.2 Å². The maximum absolute atomic E-state index is 13.1. The second-order valence-corrected chi connectivity index (χ2v) is 5.52. The number of aromatic nitrogens is 3. The highest BCUT2D eigenvalue weighted by Gasteiger charge is 2.13. The average molecular weight is 324 g/mol. The maximum atomic E-state index is 13.1. The Balaban J connectivity index is 1.94. The van der Waals surface area contributed by atoms with Crippen LogP contribution >= 0.6 is 11.6 Å². The van der Waals surface area contributed by atoms with Crippen LogP contribution in [0, 0.1) is 5.82 Å². The van der Waals surface area contributed by atoms with Crippen LogP contribution in [0.25, 0.3) is 28.0 Å². The Bertz CT molecular complexity index is 993. The van der Waals surface area contributed by atoms with Crippen molar-refractivity contribution < 1.29 is 4.39 Å². The van der Waals surface area contributed by atoms with Crippen LogP contribution in [0.4, 0.5) is 4.39 Å². The fourth-order valence-corrected chi connectivity index (χ4v) is 2.83. The Morgan fingerprint density at radius 1 is 0.913 bits per heavy atom. The summed E-state index contributed by atoms with van der Waals surface area (Å²) in [4.78, 5) is 4.42. The molecule has 23 heavy (non-hydrogen) atoms. The van der Waals surface area contributed by atoms with Gasteiger partial charge in [0.05, 0.1) is 11.9 Å². The van der Waals surface area contributed by atoms with Gasteiger partial charge in [-0.05, 0) is 29.8 Å². The Labute approximate surface area is 137 Å². The van der Waals surface area contributed by atoms with Gasteiger partial charge >= 0.3 is 0 Å². The molecule has 0 N–H and O–H groups in total. The summed E-state index contributed by atoms with van der Waals surface area (Å²) < 4.78 is 14.9. The lowest BCUT2D eigenvalue weighted by Crippen LogP contribution is -1.96. The van der Waals surface area contributed by atoms with E-state index in [0.717, 1.165) is 22.4 Å². The molecule has 2 aromatic carbocycles. The largest absolute Gasteiger partial charge is 0.236 e. The van der Waals surface area contributed by atoms with Crippen molar-refractivity contribution in [1.29, 1.82) is 0 Å². The summed E-state index contributed by atoms with van der Waals surface area (Å²) in [6, 6.07) is 15.8. The zero-order valence-corrected chi connectivity index (χ0v) is 12.7. The highest BCUT2D eigenvalue weighted by molar-refractivity contribution is 6.33. The Hall–Kier alpha value is -2.72. The summed E-state index contributed by atoms with van der Waals surface area (Å²) in [5.74, 6) is -0.269. The van der Waals surface area contributed by atoms with Gasteiger partial charge in [-0.25, -0.2) is 13.9 Å². The van der Waals surface area contributed by atoms with Crippen LogP contribution in [0.3, 0.4) is 0 Å². The van der Waals surface area contributed by atoms with Gasteiger partial charge in [-0.15, -0.1) is 0 Å². The van der Waals surface area contributed by atoms with Crippen molar-refractivity contribution in [2.24, 2.45) is 0 Å². The van der Waals surface area contributed by atoms with Crippen LogP contribution in [0.5, 0.6) is 0 Å². The smallest absolute Gasteiger partial charge is 0.163 e. The lowest BCUT2D eigenvalue weighted by Gasteiger charge is -2.07. The van der Waals surface area contributed by atoms with Crippen LogP contribution in [-0.2, 0) is 0 Å². The highest BCUT2D eigenvalue weighted by atomic mass is 35.5. The molecule has 0 aliphatic carbocycles. The SMILES string of the molecule is Fc1ccc(-c2cnn3c(-c4ccccc4Cl)ccnc23)cc1. The molecule has 0 aliphatic heterocycles. The molecule has 0 aliphatic rings. The molecule has 2 aromatic heterocycles. The first-order valence-corrected chi connectivity index (χ1v) is 7.45. The normalized spacial score (nSPS) is 11.0. The van der Waals surface area contributed by atoms with E-state index in [1.807, 2.05) is 30.3 Å². The average Bonchev–Trinajstić information content (AvgIpc) is 3.00. The summed E-state index contributed by atoms with van der Waals surface area (Å²) >= 11 is 6.30. The molecule has 112 valence electrons. The van der Waals surface area contributed by atoms with Crippen molar-refractivity contribution >= 4 is 17.2 Å². The maximum Gasteiger partial charge on any atom is 0.163 e. The molecule has 0 fully saturated rings. The number of hydrogen-bond donors (Lipinski definition) is 0. The molecule has 3 nitrogen and oxygen atoms in total. The Morgan fingerprint density at radius 2 is 1.70 bits per heavy atom. The summed E-state index contributed by atoms with van der Waals surface area (Å²) in [7, 11) is 0. The second kappa shape index (κ2) is 5.48. The number of hydrogen-bond acceptors (Lipinski definition) is 2. The highest BCUT2D eigenvalue weighted by Crippen LogP contribution is 2.30. The first-order chi connectivity index (χ1) is 11.2. The molecule has 4 rings (SSSR count). The number of nitrogens with zero attached hydrogens (tertiary/aromatic N) is 3. The van der Waals surface area contributed by atoms with Gasteiger partial charge in [0, 0.05) is 22.3 Å². The fraction of sp³-hybridized carbons (Fsp3) is 0. The van der Waals surface area contributed by atoms with Gasteiger partial charge < -0.3 is 0 Å². The van der Waals surface area contributed by atoms with E-state index in [9.17, 15) is 4.39 Å². The summed E-state index contributed by atoms with van der Waals surface area (Å²) in [6.07, 6.45) is 3.46. The number of rotatable bonds is 2. The summed E-state index contributed by atoms with van der Waals surface area (Å²) in [5, 5.41) is 5.09. The van der Waals surface area contributed by atoms with Gasteiger partial charge in [0.25, 0.3) is 0 Å². The fourth-order valence-electron chi connectivity index (χ4n) is 2.60. The third-order valence-corrected chi connectivity index (χ3v) is 4.04. The van der Waals surface area contributed by atoms with Gasteiger partial charge in [-0.1, -0.05) is 41.9 Å². The molecule has 0 saturated heterocycles. The summed E-state index contributed by atoms with van der Waals surface area (Å²) in [5.41, 5.74) is 4.16. The summed E-state index contributed by atoms with van der Waals surface area (Å²) in [6.45, 7) is 0. The third-order valence-electron chi connectivity index (χ3n) is 3.71. The quantitative estimate of drug-likeness (QED) is 0.527. The van der Waals surface area contributed by atoms with E-state index in [4.69, 9.17) is 11.6 Å². The van der Waals surface area contributed by atoms with E-state index in [1.165, 1.54) is 12.1 Å². The number of fused-ring (bicyclic) bond motifs is 1. The molecule has 0 radical (unpaired) electrons. The molecule has 0 atom stereocenters. The molecule has 4 aromatic rings. The van der Waals surface area contributed by atoms with E-state index in [2.05, 4.69) is 10.1 Å². The van der Waals surface area contributed by atoms with E-state index in [1.54, 1.807) is 29.0 Å². The van der Waals surface area contributed by atoms with Gasteiger partial charge in [-0.2, -0.15) is 5.10 Å². The lowest BCUT2D eigenvalue weighted by atomic mass is 10.1. The van der Waals surface area contributed by atoms with Crippen LogP contribution in [0.1, 0.15) is 0 Å². The molecular weight excluding hydrogens is 313 g/mol. The molecule has 0 bridgehead atoms. The van der Waals surface area contributed by atoms with Crippen molar-refractivity contribution in [2.45, 2.75) is 0 Å². The monoisotopic (exact) mass is 323 g/mol. The van der Waals surface area contributed by atoms with Crippen molar-refractivity contribution in [2.75, 3.05) is 0 Å². The number of benzene rings is 2. The van der Waals surface area contributed by atoms with Gasteiger partial charge in [0.1, 0.15) is 5.82 Å². The zero-order valence-electron chi connectivity index (χ0n) is 11.9. The zero-order chi connectivity index (χ0) is 15.8.